The average molecular weight is 487 g/mol. The van der Waals surface area contributed by atoms with Crippen LogP contribution >= 0.6 is 0 Å². The lowest BCUT2D eigenvalue weighted by Crippen LogP contribution is -2.58. The summed E-state index contributed by atoms with van der Waals surface area (Å²) in [6, 6.07) is 7.73. The molecule has 0 aromatic heterocycles. The smallest absolute Gasteiger partial charge is 0.223 e. The van der Waals surface area contributed by atoms with Crippen molar-refractivity contribution >= 4 is 11.8 Å². The van der Waals surface area contributed by atoms with Crippen LogP contribution in [0.15, 0.2) is 24.3 Å². The van der Waals surface area contributed by atoms with Crippen LogP contribution in [0.3, 0.4) is 0 Å². The van der Waals surface area contributed by atoms with Gasteiger partial charge < -0.3 is 20.5 Å². The molecule has 2 aliphatic rings. The Bertz CT molecular complexity index is 878. The number of carbonyl (C=O) groups excluding carboxylic acids is 2. The summed E-state index contributed by atoms with van der Waals surface area (Å²) in [7, 11) is 1.63. The highest BCUT2D eigenvalue weighted by Gasteiger charge is 2.53. The highest BCUT2D eigenvalue weighted by Crippen LogP contribution is 2.55. The first-order valence-electron chi connectivity index (χ1n) is 13.2. The molecule has 6 heteroatoms. The monoisotopic (exact) mass is 486 g/mol. The number of carbonyl (C=O) groups is 2. The summed E-state index contributed by atoms with van der Waals surface area (Å²) in [6.07, 6.45) is 3.72. The van der Waals surface area contributed by atoms with Gasteiger partial charge in [-0.1, -0.05) is 53.7 Å². The van der Waals surface area contributed by atoms with Crippen molar-refractivity contribution in [2.45, 2.75) is 92.3 Å². The molecule has 0 aliphatic heterocycles. The molecule has 1 aromatic carbocycles. The Morgan fingerprint density at radius 1 is 1.17 bits per heavy atom. The maximum atomic E-state index is 13.0. The van der Waals surface area contributed by atoms with E-state index in [-0.39, 0.29) is 52.4 Å². The number of aliphatic hydroxyl groups excluding tert-OH is 1. The van der Waals surface area contributed by atoms with Gasteiger partial charge in [-0.05, 0) is 72.0 Å². The topological polar surface area (TPSA) is 87.7 Å². The molecule has 3 N–H and O–H groups in total. The number of aliphatic hydroxyl groups is 1. The largest absolute Gasteiger partial charge is 0.497 e. The quantitative estimate of drug-likeness (QED) is 0.522. The maximum Gasteiger partial charge on any atom is 0.223 e. The van der Waals surface area contributed by atoms with Crippen LogP contribution in [0.25, 0.3) is 0 Å². The molecule has 0 spiro atoms. The van der Waals surface area contributed by atoms with Gasteiger partial charge in [0.05, 0.1) is 13.2 Å². The number of rotatable bonds is 7. The molecule has 196 valence electrons. The minimum atomic E-state index is -0.562. The predicted molar refractivity (Wildman–Crippen MR) is 139 cm³/mol. The van der Waals surface area contributed by atoms with Crippen molar-refractivity contribution in [3.63, 3.8) is 0 Å². The fourth-order valence-electron chi connectivity index (χ4n) is 6.53. The summed E-state index contributed by atoms with van der Waals surface area (Å²) >= 11 is 0. The minimum absolute atomic E-state index is 0.0213. The lowest BCUT2D eigenvalue weighted by Gasteiger charge is -2.56. The van der Waals surface area contributed by atoms with E-state index in [1.807, 2.05) is 31.2 Å². The number of nitrogens with one attached hydrogen (secondary N) is 2. The summed E-state index contributed by atoms with van der Waals surface area (Å²) in [4.78, 5) is 25.7. The van der Waals surface area contributed by atoms with Crippen LogP contribution in [0, 0.1) is 34.5 Å². The van der Waals surface area contributed by atoms with E-state index in [1.165, 1.54) is 0 Å². The molecule has 0 bridgehead atoms. The zero-order valence-corrected chi connectivity index (χ0v) is 22.7. The molecule has 0 saturated heterocycles. The molecule has 6 nitrogen and oxygen atoms in total. The second kappa shape index (κ2) is 10.9. The normalized spacial score (nSPS) is 31.7. The number of benzene rings is 1. The van der Waals surface area contributed by atoms with Gasteiger partial charge in [0.2, 0.25) is 11.8 Å². The number of fused-ring (bicyclic) bond motifs is 1. The van der Waals surface area contributed by atoms with E-state index in [2.05, 4.69) is 45.3 Å². The Labute approximate surface area is 211 Å². The van der Waals surface area contributed by atoms with Crippen molar-refractivity contribution in [1.29, 1.82) is 0 Å². The molecule has 1 aromatic rings. The molecular weight excluding hydrogens is 440 g/mol. The second-order valence-electron chi connectivity index (χ2n) is 12.5. The Morgan fingerprint density at radius 3 is 2.40 bits per heavy atom. The van der Waals surface area contributed by atoms with Gasteiger partial charge >= 0.3 is 0 Å². The molecule has 2 amide bonds. The van der Waals surface area contributed by atoms with Crippen molar-refractivity contribution in [3.05, 3.63) is 29.8 Å². The van der Waals surface area contributed by atoms with E-state index in [0.29, 0.717) is 13.0 Å². The van der Waals surface area contributed by atoms with E-state index < -0.39 is 6.10 Å². The molecular formula is C29H46N2O4. The molecule has 0 heterocycles. The number of hydrogen-bond donors (Lipinski definition) is 3. The lowest BCUT2D eigenvalue weighted by atomic mass is 9.51. The van der Waals surface area contributed by atoms with Gasteiger partial charge in [-0.25, -0.2) is 0 Å². The molecule has 0 radical (unpaired) electrons. The number of ether oxygens (including phenoxy) is 1. The first kappa shape index (κ1) is 27.5. The van der Waals surface area contributed by atoms with Crippen LogP contribution in [0.5, 0.6) is 5.75 Å². The Kier molecular flexibility index (Phi) is 8.56. The van der Waals surface area contributed by atoms with Crippen LogP contribution in [0.2, 0.25) is 0 Å². The Morgan fingerprint density at radius 2 is 1.80 bits per heavy atom. The van der Waals surface area contributed by atoms with Gasteiger partial charge in [-0.3, -0.25) is 9.59 Å². The molecule has 7 atom stereocenters. The van der Waals surface area contributed by atoms with Crippen molar-refractivity contribution in [3.8, 4) is 5.75 Å². The van der Waals surface area contributed by atoms with E-state index >= 15 is 0 Å². The fraction of sp³-hybridized carbons (Fsp3) is 0.724. The zero-order chi connectivity index (χ0) is 26.0. The summed E-state index contributed by atoms with van der Waals surface area (Å²) in [5.74, 6) is 0.706. The number of hydrogen-bond acceptors (Lipinski definition) is 4. The molecule has 2 fully saturated rings. The SMILES string of the molecule is COc1ccc(CNC(=O)[C@@H](C)C2CC[C@@]3(C)CC[C@H](NC(=O)CC(C)(C)C)[C@@H](C)[C@@H]3[C@H]2O)cc1. The zero-order valence-electron chi connectivity index (χ0n) is 22.7. The standard InChI is InChI=1S/C29H46N2O4/c1-18(27(34)30-17-20-8-10-21(35-7)11-9-20)22-12-14-29(6)15-13-23(19(2)25(29)26(22)33)31-24(32)16-28(3,4)5/h8-11,18-19,22-23,25-26,33H,12-17H2,1-7H3,(H,30,34)(H,31,32)/t18-,19+,22?,23-,25+,26-,29-/m0/s1. The molecule has 2 aliphatic carbocycles. The van der Waals surface area contributed by atoms with Crippen LogP contribution in [0.4, 0.5) is 0 Å². The fourth-order valence-corrected chi connectivity index (χ4v) is 6.53. The van der Waals surface area contributed by atoms with Crippen molar-refractivity contribution in [1.82, 2.24) is 10.6 Å². The van der Waals surface area contributed by atoms with E-state index in [0.717, 1.165) is 37.0 Å². The molecule has 35 heavy (non-hydrogen) atoms. The highest BCUT2D eigenvalue weighted by atomic mass is 16.5. The minimum Gasteiger partial charge on any atom is -0.497 e. The summed E-state index contributed by atoms with van der Waals surface area (Å²) in [5.41, 5.74) is 0.998. The first-order chi connectivity index (χ1) is 16.3. The van der Waals surface area contributed by atoms with Crippen LogP contribution in [0.1, 0.15) is 79.2 Å². The van der Waals surface area contributed by atoms with Crippen LogP contribution in [-0.2, 0) is 16.1 Å². The highest BCUT2D eigenvalue weighted by molar-refractivity contribution is 5.78. The summed E-state index contributed by atoms with van der Waals surface area (Å²) in [5, 5.41) is 17.9. The average Bonchev–Trinajstić information content (AvgIpc) is 2.78. The first-order valence-corrected chi connectivity index (χ1v) is 13.2. The van der Waals surface area contributed by atoms with E-state index in [4.69, 9.17) is 4.74 Å². The van der Waals surface area contributed by atoms with Gasteiger partial charge in [0.1, 0.15) is 5.75 Å². The maximum absolute atomic E-state index is 13.0. The molecule has 2 saturated carbocycles. The molecule has 3 rings (SSSR count). The Hall–Kier alpha value is -2.08. The molecule has 1 unspecified atom stereocenters. The van der Waals surface area contributed by atoms with E-state index in [1.54, 1.807) is 7.11 Å². The second-order valence-corrected chi connectivity index (χ2v) is 12.5. The van der Waals surface area contributed by atoms with Crippen molar-refractivity contribution in [2.75, 3.05) is 7.11 Å². The Balaban J connectivity index is 1.64. The van der Waals surface area contributed by atoms with Gasteiger partial charge in [0.15, 0.2) is 0 Å². The summed E-state index contributed by atoms with van der Waals surface area (Å²) < 4.78 is 5.20. The van der Waals surface area contributed by atoms with Gasteiger partial charge in [0, 0.05) is 24.9 Å². The van der Waals surface area contributed by atoms with Gasteiger partial charge in [-0.15, -0.1) is 0 Å². The van der Waals surface area contributed by atoms with Crippen LogP contribution < -0.4 is 15.4 Å². The third kappa shape index (κ3) is 6.58. The predicted octanol–water partition coefficient (Wildman–Crippen LogP) is 4.69. The van der Waals surface area contributed by atoms with Crippen molar-refractivity contribution < 1.29 is 19.4 Å². The van der Waals surface area contributed by atoms with Crippen LogP contribution in [-0.4, -0.2) is 36.2 Å². The third-order valence-electron chi connectivity index (χ3n) is 8.61. The lowest BCUT2D eigenvalue weighted by molar-refractivity contribution is -0.144. The summed E-state index contributed by atoms with van der Waals surface area (Å²) in [6.45, 7) is 13.1. The number of amides is 2. The third-order valence-corrected chi connectivity index (χ3v) is 8.61. The van der Waals surface area contributed by atoms with Gasteiger partial charge in [-0.2, -0.15) is 0 Å². The van der Waals surface area contributed by atoms with E-state index in [9.17, 15) is 14.7 Å². The van der Waals surface area contributed by atoms with Gasteiger partial charge in [0.25, 0.3) is 0 Å². The van der Waals surface area contributed by atoms with Crippen molar-refractivity contribution in [2.24, 2.45) is 34.5 Å². The number of methoxy groups -OCH3 is 1.